The minimum atomic E-state index is 0.645. The van der Waals surface area contributed by atoms with Crippen LogP contribution in [0.3, 0.4) is 0 Å². The van der Waals surface area contributed by atoms with Crippen molar-refractivity contribution in [3.05, 3.63) is 47.7 Å². The number of hydrogen-bond donors (Lipinski definition) is 2. The molecule has 0 aromatic heterocycles. The molecular weight excluding hydrogens is 290 g/mol. The molecule has 1 aliphatic carbocycles. The van der Waals surface area contributed by atoms with Gasteiger partial charge in [0.05, 0.1) is 0 Å². The lowest BCUT2D eigenvalue weighted by Crippen LogP contribution is -2.45. The highest BCUT2D eigenvalue weighted by Gasteiger charge is 2.17. The summed E-state index contributed by atoms with van der Waals surface area (Å²) in [5, 5.41) is 5.95. The van der Waals surface area contributed by atoms with Gasteiger partial charge in [-0.05, 0) is 49.4 Å². The Labute approximate surface area is 139 Å². The summed E-state index contributed by atoms with van der Waals surface area (Å²) in [7, 11) is 1.98. The molecule has 0 saturated heterocycles. The van der Waals surface area contributed by atoms with Gasteiger partial charge in [-0.3, -0.25) is 5.01 Å². The highest BCUT2D eigenvalue weighted by molar-refractivity contribution is 7.80. The Morgan fingerprint density at radius 2 is 2.09 bits per heavy atom. The Morgan fingerprint density at radius 1 is 1.32 bits per heavy atom. The summed E-state index contributed by atoms with van der Waals surface area (Å²) in [6.07, 6.45) is 7.99. The summed E-state index contributed by atoms with van der Waals surface area (Å²) in [6, 6.07) is 10.8. The van der Waals surface area contributed by atoms with E-state index in [2.05, 4.69) is 54.1 Å². The Balaban J connectivity index is 1.80. The van der Waals surface area contributed by atoms with Crippen molar-refractivity contribution in [2.75, 3.05) is 13.6 Å². The number of hydrogen-bond acceptors (Lipinski definition) is 2. The molecule has 0 radical (unpaired) electrons. The molecule has 3 nitrogen and oxygen atoms in total. The van der Waals surface area contributed by atoms with Crippen molar-refractivity contribution in [1.29, 1.82) is 0 Å². The molecule has 1 aromatic rings. The van der Waals surface area contributed by atoms with Crippen molar-refractivity contribution in [1.82, 2.24) is 15.8 Å². The van der Waals surface area contributed by atoms with Gasteiger partial charge in [0, 0.05) is 19.3 Å². The first-order valence-corrected chi connectivity index (χ1v) is 8.63. The molecule has 0 saturated carbocycles. The number of allylic oxidation sites excluding steroid dienone is 2. The van der Waals surface area contributed by atoms with E-state index in [9.17, 15) is 0 Å². The lowest BCUT2D eigenvalue weighted by atomic mass is 9.87. The van der Waals surface area contributed by atoms with Gasteiger partial charge in [-0.25, -0.2) is 0 Å². The summed E-state index contributed by atoms with van der Waals surface area (Å²) in [5.41, 5.74) is 6.13. The van der Waals surface area contributed by atoms with E-state index in [0.29, 0.717) is 5.92 Å². The van der Waals surface area contributed by atoms with Crippen LogP contribution in [0.4, 0.5) is 0 Å². The molecule has 0 spiro atoms. The first-order chi connectivity index (χ1) is 10.7. The molecule has 0 heterocycles. The number of benzene rings is 1. The van der Waals surface area contributed by atoms with Gasteiger partial charge in [0.25, 0.3) is 0 Å². The molecule has 22 heavy (non-hydrogen) atoms. The van der Waals surface area contributed by atoms with E-state index in [1.54, 1.807) is 0 Å². The number of nitrogens with one attached hydrogen (secondary N) is 2. The fourth-order valence-corrected chi connectivity index (χ4v) is 2.87. The van der Waals surface area contributed by atoms with Gasteiger partial charge in [0.1, 0.15) is 0 Å². The highest BCUT2D eigenvalue weighted by atomic mass is 32.1. The van der Waals surface area contributed by atoms with E-state index in [0.717, 1.165) is 30.9 Å². The van der Waals surface area contributed by atoms with Crippen LogP contribution in [0.15, 0.2) is 42.1 Å². The van der Waals surface area contributed by atoms with E-state index in [4.69, 9.17) is 12.2 Å². The number of nitrogens with zero attached hydrogens (tertiary/aromatic N) is 1. The second-order valence-corrected chi connectivity index (χ2v) is 6.25. The largest absolute Gasteiger partial charge is 0.361 e. The first-order valence-electron chi connectivity index (χ1n) is 8.23. The molecule has 0 fully saturated rings. The smallest absolute Gasteiger partial charge is 0.187 e. The molecule has 2 N–H and O–H groups in total. The summed E-state index contributed by atoms with van der Waals surface area (Å²) < 4.78 is 0. The zero-order valence-corrected chi connectivity index (χ0v) is 14.5. The fourth-order valence-electron chi connectivity index (χ4n) is 2.72. The lowest BCUT2D eigenvalue weighted by Gasteiger charge is -2.28. The molecule has 1 aliphatic rings. The summed E-state index contributed by atoms with van der Waals surface area (Å²) in [6.45, 7) is 3.12. The minimum absolute atomic E-state index is 0.645. The molecule has 120 valence electrons. The fraction of sp³-hybridized carbons (Fsp3) is 0.500. The summed E-state index contributed by atoms with van der Waals surface area (Å²) in [4.78, 5) is 0. The van der Waals surface area contributed by atoms with Crippen molar-refractivity contribution in [2.24, 2.45) is 0 Å². The standard InChI is InChI=1S/C18H27N3S/c1-3-4-14-19-18(22)21(2)20-17-12-10-16(11-13-17)15-8-6-5-7-9-15/h5-9,12,16,20H,3-4,10-11,13-14H2,1-2H3,(H,19,22)/t16-/m0/s1. The van der Waals surface area contributed by atoms with E-state index in [-0.39, 0.29) is 0 Å². The maximum atomic E-state index is 5.38. The van der Waals surface area contributed by atoms with Gasteiger partial charge in [0.15, 0.2) is 5.11 Å². The van der Waals surface area contributed by atoms with Crippen LogP contribution in [0, 0.1) is 0 Å². The van der Waals surface area contributed by atoms with Crippen molar-refractivity contribution in [3.8, 4) is 0 Å². The summed E-state index contributed by atoms with van der Waals surface area (Å²) >= 11 is 5.38. The van der Waals surface area contributed by atoms with Crippen LogP contribution in [0.1, 0.15) is 50.5 Å². The highest BCUT2D eigenvalue weighted by Crippen LogP contribution is 2.31. The Bertz CT molecular complexity index is 498. The molecule has 1 aromatic carbocycles. The SMILES string of the molecule is CCCCNC(=S)N(C)NC1=CC[C@H](c2ccccc2)CC1. The maximum Gasteiger partial charge on any atom is 0.187 e. The predicted octanol–water partition coefficient (Wildman–Crippen LogP) is 3.95. The Hall–Kier alpha value is -1.55. The number of hydrazine groups is 1. The average molecular weight is 318 g/mol. The van der Waals surface area contributed by atoms with Crippen LogP contribution in [-0.4, -0.2) is 23.7 Å². The van der Waals surface area contributed by atoms with Gasteiger partial charge >= 0.3 is 0 Å². The Morgan fingerprint density at radius 3 is 2.73 bits per heavy atom. The van der Waals surface area contributed by atoms with Crippen molar-refractivity contribution < 1.29 is 0 Å². The van der Waals surface area contributed by atoms with Crippen LogP contribution in [0.25, 0.3) is 0 Å². The number of thiocarbonyl (C=S) groups is 1. The molecule has 0 bridgehead atoms. The maximum absolute atomic E-state index is 5.38. The van der Waals surface area contributed by atoms with Gasteiger partial charge in [-0.2, -0.15) is 0 Å². The summed E-state index contributed by atoms with van der Waals surface area (Å²) in [5.74, 6) is 0.645. The molecule has 0 aliphatic heterocycles. The van der Waals surface area contributed by atoms with Crippen LogP contribution in [-0.2, 0) is 0 Å². The quantitative estimate of drug-likeness (QED) is 0.472. The third-order valence-electron chi connectivity index (χ3n) is 4.10. The first kappa shape index (κ1) is 16.8. The van der Waals surface area contributed by atoms with Crippen LogP contribution in [0.2, 0.25) is 0 Å². The second kappa shape index (κ2) is 8.79. The van der Waals surface area contributed by atoms with Gasteiger partial charge in [-0.1, -0.05) is 49.8 Å². The zero-order chi connectivity index (χ0) is 15.8. The second-order valence-electron chi connectivity index (χ2n) is 5.87. The topological polar surface area (TPSA) is 27.3 Å². The van der Waals surface area contributed by atoms with E-state index in [1.165, 1.54) is 24.1 Å². The van der Waals surface area contributed by atoms with Gasteiger partial charge in [0.2, 0.25) is 0 Å². The monoisotopic (exact) mass is 317 g/mol. The normalized spacial score (nSPS) is 17.5. The number of rotatable bonds is 6. The van der Waals surface area contributed by atoms with Crippen LogP contribution >= 0.6 is 12.2 Å². The van der Waals surface area contributed by atoms with Crippen molar-refractivity contribution >= 4 is 17.3 Å². The Kier molecular flexibility index (Phi) is 6.72. The third kappa shape index (κ3) is 5.02. The van der Waals surface area contributed by atoms with E-state index in [1.807, 2.05) is 12.1 Å². The molecular formula is C18H27N3S. The van der Waals surface area contributed by atoms with Crippen LogP contribution in [0.5, 0.6) is 0 Å². The predicted molar refractivity (Wildman–Crippen MR) is 97.5 cm³/mol. The van der Waals surface area contributed by atoms with Gasteiger partial charge < -0.3 is 10.7 Å². The van der Waals surface area contributed by atoms with Gasteiger partial charge in [-0.15, -0.1) is 0 Å². The lowest BCUT2D eigenvalue weighted by molar-refractivity contribution is 0.385. The van der Waals surface area contributed by atoms with Crippen molar-refractivity contribution in [3.63, 3.8) is 0 Å². The molecule has 0 amide bonds. The zero-order valence-electron chi connectivity index (χ0n) is 13.6. The van der Waals surface area contributed by atoms with Crippen molar-refractivity contribution in [2.45, 2.75) is 44.9 Å². The van der Waals surface area contributed by atoms with E-state index < -0.39 is 0 Å². The molecule has 2 rings (SSSR count). The number of unbranched alkanes of at least 4 members (excludes halogenated alkanes) is 1. The molecule has 4 heteroatoms. The third-order valence-corrected chi connectivity index (χ3v) is 4.52. The van der Waals surface area contributed by atoms with Crippen LogP contribution < -0.4 is 10.7 Å². The van der Waals surface area contributed by atoms with E-state index >= 15 is 0 Å². The molecule has 1 atom stereocenters. The average Bonchev–Trinajstić information content (AvgIpc) is 2.56. The minimum Gasteiger partial charge on any atom is -0.361 e. The molecule has 0 unspecified atom stereocenters.